The van der Waals surface area contributed by atoms with Crippen LogP contribution < -0.4 is 10.1 Å². The molecule has 1 unspecified atom stereocenters. The quantitative estimate of drug-likeness (QED) is 0.893. The fourth-order valence-electron chi connectivity index (χ4n) is 1.52. The lowest BCUT2D eigenvalue weighted by atomic mass is 10.3. The van der Waals surface area contributed by atoms with E-state index in [9.17, 15) is 4.79 Å². The van der Waals surface area contributed by atoms with E-state index < -0.39 is 6.10 Å². The number of amides is 1. The molecule has 18 heavy (non-hydrogen) atoms. The molecule has 3 heteroatoms. The number of hydrogen-bond donors (Lipinski definition) is 1. The van der Waals surface area contributed by atoms with Gasteiger partial charge in [-0.1, -0.05) is 36.4 Å². The molecule has 0 aliphatic carbocycles. The maximum Gasteiger partial charge on any atom is 0.265 e. The van der Waals surface area contributed by atoms with Gasteiger partial charge in [0, 0.05) is 5.69 Å². The lowest BCUT2D eigenvalue weighted by molar-refractivity contribution is -0.122. The van der Waals surface area contributed by atoms with Gasteiger partial charge in [0.05, 0.1) is 0 Å². The van der Waals surface area contributed by atoms with E-state index in [4.69, 9.17) is 4.74 Å². The third kappa shape index (κ3) is 3.35. The van der Waals surface area contributed by atoms with Crippen molar-refractivity contribution in [2.24, 2.45) is 0 Å². The number of benzene rings is 2. The first kappa shape index (κ1) is 12.2. The summed E-state index contributed by atoms with van der Waals surface area (Å²) >= 11 is 0. The first-order chi connectivity index (χ1) is 8.75. The minimum Gasteiger partial charge on any atom is -0.481 e. The summed E-state index contributed by atoms with van der Waals surface area (Å²) in [5.74, 6) is 0.526. The molecule has 1 atom stereocenters. The Balaban J connectivity index is 1.93. The Bertz CT molecular complexity index is 496. The Kier molecular flexibility index (Phi) is 3.97. The summed E-state index contributed by atoms with van der Waals surface area (Å²) in [5, 5.41) is 2.80. The van der Waals surface area contributed by atoms with Crippen molar-refractivity contribution in [3.8, 4) is 5.75 Å². The molecule has 2 aromatic carbocycles. The van der Waals surface area contributed by atoms with E-state index in [1.165, 1.54) is 0 Å². The van der Waals surface area contributed by atoms with Gasteiger partial charge in [0.25, 0.3) is 5.91 Å². The molecule has 0 saturated heterocycles. The van der Waals surface area contributed by atoms with Crippen LogP contribution in [0.15, 0.2) is 60.7 Å². The molecule has 1 N–H and O–H groups in total. The highest BCUT2D eigenvalue weighted by Gasteiger charge is 2.14. The minimum atomic E-state index is -0.535. The zero-order valence-electron chi connectivity index (χ0n) is 10.2. The van der Waals surface area contributed by atoms with Crippen molar-refractivity contribution in [3.63, 3.8) is 0 Å². The summed E-state index contributed by atoms with van der Waals surface area (Å²) in [6.07, 6.45) is -0.535. The van der Waals surface area contributed by atoms with Crippen LogP contribution in [0.4, 0.5) is 5.69 Å². The molecule has 0 spiro atoms. The van der Waals surface area contributed by atoms with Gasteiger partial charge in [-0.3, -0.25) is 4.79 Å². The molecule has 1 amide bonds. The molecule has 0 bridgehead atoms. The van der Waals surface area contributed by atoms with Crippen molar-refractivity contribution in [2.75, 3.05) is 5.32 Å². The van der Waals surface area contributed by atoms with Gasteiger partial charge >= 0.3 is 0 Å². The van der Waals surface area contributed by atoms with Crippen molar-refractivity contribution in [1.82, 2.24) is 0 Å². The first-order valence-corrected chi connectivity index (χ1v) is 5.83. The maximum atomic E-state index is 11.9. The van der Waals surface area contributed by atoms with Crippen LogP contribution in [0.2, 0.25) is 0 Å². The van der Waals surface area contributed by atoms with Crippen LogP contribution in [0.1, 0.15) is 6.92 Å². The Morgan fingerprint density at radius 1 is 1.00 bits per heavy atom. The van der Waals surface area contributed by atoms with Gasteiger partial charge in [-0.2, -0.15) is 0 Å². The third-order valence-electron chi connectivity index (χ3n) is 2.47. The zero-order valence-corrected chi connectivity index (χ0v) is 10.2. The third-order valence-corrected chi connectivity index (χ3v) is 2.47. The molecule has 0 heterocycles. The van der Waals surface area contributed by atoms with Crippen LogP contribution in [-0.4, -0.2) is 12.0 Å². The molecule has 2 aromatic rings. The molecule has 92 valence electrons. The summed E-state index contributed by atoms with van der Waals surface area (Å²) in [7, 11) is 0. The summed E-state index contributed by atoms with van der Waals surface area (Å²) in [4.78, 5) is 11.9. The molecule has 0 fully saturated rings. The number of hydrogen-bond acceptors (Lipinski definition) is 2. The Morgan fingerprint density at radius 2 is 1.56 bits per heavy atom. The largest absolute Gasteiger partial charge is 0.481 e. The summed E-state index contributed by atoms with van der Waals surface area (Å²) < 4.78 is 5.54. The molecule has 3 nitrogen and oxygen atoms in total. The number of carbonyl (C=O) groups is 1. The minimum absolute atomic E-state index is 0.162. The van der Waals surface area contributed by atoms with Gasteiger partial charge in [-0.15, -0.1) is 0 Å². The van der Waals surface area contributed by atoms with Crippen LogP contribution in [0.25, 0.3) is 0 Å². The highest BCUT2D eigenvalue weighted by molar-refractivity contribution is 5.94. The molecule has 0 radical (unpaired) electrons. The summed E-state index contributed by atoms with van der Waals surface area (Å²) in [5.41, 5.74) is 0.769. The molecule has 0 aliphatic rings. The average Bonchev–Trinajstić information content (AvgIpc) is 2.41. The monoisotopic (exact) mass is 241 g/mol. The van der Waals surface area contributed by atoms with Crippen molar-refractivity contribution in [3.05, 3.63) is 60.7 Å². The molecule has 0 aromatic heterocycles. The number of rotatable bonds is 4. The summed E-state index contributed by atoms with van der Waals surface area (Å²) in [6.45, 7) is 1.73. The van der Waals surface area contributed by atoms with Crippen LogP contribution in [-0.2, 0) is 4.79 Å². The van der Waals surface area contributed by atoms with E-state index in [0.29, 0.717) is 5.75 Å². The first-order valence-electron chi connectivity index (χ1n) is 5.83. The van der Waals surface area contributed by atoms with E-state index in [0.717, 1.165) is 5.69 Å². The van der Waals surface area contributed by atoms with Crippen LogP contribution in [0.5, 0.6) is 5.75 Å². The average molecular weight is 241 g/mol. The smallest absolute Gasteiger partial charge is 0.265 e. The van der Waals surface area contributed by atoms with Gasteiger partial charge in [0.15, 0.2) is 6.10 Å². The zero-order chi connectivity index (χ0) is 12.8. The number of nitrogens with one attached hydrogen (secondary N) is 1. The van der Waals surface area contributed by atoms with Crippen LogP contribution in [0, 0.1) is 0 Å². The van der Waals surface area contributed by atoms with Crippen LogP contribution >= 0.6 is 0 Å². The highest BCUT2D eigenvalue weighted by Crippen LogP contribution is 2.12. The van der Waals surface area contributed by atoms with Crippen molar-refractivity contribution in [1.29, 1.82) is 0 Å². The molecular formula is C15H15NO2. The van der Waals surface area contributed by atoms with E-state index >= 15 is 0 Å². The van der Waals surface area contributed by atoms with Gasteiger partial charge in [0.2, 0.25) is 0 Å². The van der Waals surface area contributed by atoms with E-state index in [1.807, 2.05) is 60.7 Å². The van der Waals surface area contributed by atoms with Gasteiger partial charge < -0.3 is 10.1 Å². The highest BCUT2D eigenvalue weighted by atomic mass is 16.5. The second-order valence-electron chi connectivity index (χ2n) is 3.93. The number of carbonyl (C=O) groups excluding carboxylic acids is 1. The van der Waals surface area contributed by atoms with Gasteiger partial charge in [0.1, 0.15) is 5.75 Å². The lowest BCUT2D eigenvalue weighted by Crippen LogP contribution is -2.30. The normalized spacial score (nSPS) is 11.6. The number of ether oxygens (including phenoxy) is 1. The number of anilines is 1. The Morgan fingerprint density at radius 3 is 2.17 bits per heavy atom. The van der Waals surface area contributed by atoms with Crippen LogP contribution in [0.3, 0.4) is 0 Å². The van der Waals surface area contributed by atoms with Crippen molar-refractivity contribution in [2.45, 2.75) is 13.0 Å². The molecule has 0 saturated carbocycles. The fraction of sp³-hybridized carbons (Fsp3) is 0.133. The molecule has 2 rings (SSSR count). The number of para-hydroxylation sites is 2. The van der Waals surface area contributed by atoms with Gasteiger partial charge in [-0.25, -0.2) is 0 Å². The summed E-state index contributed by atoms with van der Waals surface area (Å²) in [6, 6.07) is 18.6. The maximum absolute atomic E-state index is 11.9. The van der Waals surface area contributed by atoms with E-state index in [-0.39, 0.29) is 5.91 Å². The fourth-order valence-corrected chi connectivity index (χ4v) is 1.52. The van der Waals surface area contributed by atoms with Crippen molar-refractivity contribution < 1.29 is 9.53 Å². The lowest BCUT2D eigenvalue weighted by Gasteiger charge is -2.14. The SMILES string of the molecule is CC(Oc1ccccc1)C(=O)Nc1ccccc1. The van der Waals surface area contributed by atoms with Gasteiger partial charge in [-0.05, 0) is 31.2 Å². The second kappa shape index (κ2) is 5.87. The standard InChI is InChI=1S/C15H15NO2/c1-12(18-14-10-6-3-7-11-14)15(17)16-13-8-4-2-5-9-13/h2-12H,1H3,(H,16,17). The molecule has 0 aliphatic heterocycles. The predicted molar refractivity (Wildman–Crippen MR) is 71.6 cm³/mol. The van der Waals surface area contributed by atoms with E-state index in [2.05, 4.69) is 5.32 Å². The molecular weight excluding hydrogens is 226 g/mol. The topological polar surface area (TPSA) is 38.3 Å². The Hall–Kier alpha value is -2.29. The second-order valence-corrected chi connectivity index (χ2v) is 3.93. The Labute approximate surface area is 106 Å². The van der Waals surface area contributed by atoms with Crippen molar-refractivity contribution >= 4 is 11.6 Å². The van der Waals surface area contributed by atoms with E-state index in [1.54, 1.807) is 6.92 Å². The predicted octanol–water partition coefficient (Wildman–Crippen LogP) is 3.09.